The minimum atomic E-state index is -0.855. The van der Waals surface area contributed by atoms with Crippen LogP contribution in [0.5, 0.6) is 0 Å². The van der Waals surface area contributed by atoms with Crippen molar-refractivity contribution in [2.45, 2.75) is 12.5 Å². The van der Waals surface area contributed by atoms with Crippen LogP contribution < -0.4 is 10.2 Å². The first kappa shape index (κ1) is 17.7. The van der Waals surface area contributed by atoms with Gasteiger partial charge in [0.1, 0.15) is 17.2 Å². The number of fused-ring (bicyclic) bond motifs is 1. The smallest absolute Gasteiger partial charge is 0.257 e. The van der Waals surface area contributed by atoms with Gasteiger partial charge in [0.25, 0.3) is 5.91 Å². The van der Waals surface area contributed by atoms with Crippen molar-refractivity contribution in [1.29, 1.82) is 0 Å². The fourth-order valence-electron chi connectivity index (χ4n) is 3.53. The summed E-state index contributed by atoms with van der Waals surface area (Å²) in [6.45, 7) is 1.10. The van der Waals surface area contributed by atoms with E-state index < -0.39 is 23.1 Å². The number of rotatable bonds is 5. The molecule has 1 atom stereocenters. The van der Waals surface area contributed by atoms with E-state index in [0.29, 0.717) is 0 Å². The monoisotopic (exact) mass is 384 g/mol. The molecule has 0 aliphatic carbocycles. The molecule has 0 bridgehead atoms. The Bertz CT molecular complexity index is 938. The van der Waals surface area contributed by atoms with Gasteiger partial charge in [0.15, 0.2) is 0 Å². The lowest BCUT2D eigenvalue weighted by Crippen LogP contribution is -2.37. The first-order valence-electron chi connectivity index (χ1n) is 8.75. The molecule has 0 unspecified atom stereocenters. The summed E-state index contributed by atoms with van der Waals surface area (Å²) in [6, 6.07) is 15.5. The Hall–Kier alpha value is -2.73. The Morgan fingerprint density at radius 3 is 2.59 bits per heavy atom. The van der Waals surface area contributed by atoms with Gasteiger partial charge >= 0.3 is 0 Å². The zero-order valence-corrected chi connectivity index (χ0v) is 15.3. The molecule has 1 aliphatic rings. The van der Waals surface area contributed by atoms with Crippen LogP contribution in [0.15, 0.2) is 60.0 Å². The van der Waals surface area contributed by atoms with Crippen LogP contribution in [0, 0.1) is 11.6 Å². The van der Waals surface area contributed by atoms with Crippen molar-refractivity contribution in [3.8, 4) is 0 Å². The molecule has 2 heterocycles. The summed E-state index contributed by atoms with van der Waals surface area (Å²) in [4.78, 5) is 15.8. The minimum Gasteiger partial charge on any atom is -0.361 e. The van der Waals surface area contributed by atoms with Crippen molar-refractivity contribution < 1.29 is 13.6 Å². The van der Waals surface area contributed by atoms with E-state index in [-0.39, 0.29) is 12.6 Å². The van der Waals surface area contributed by atoms with E-state index in [1.54, 1.807) is 11.3 Å². The van der Waals surface area contributed by atoms with E-state index in [9.17, 15) is 13.6 Å². The van der Waals surface area contributed by atoms with Gasteiger partial charge in [-0.1, -0.05) is 30.3 Å². The average molecular weight is 384 g/mol. The number of thiophene rings is 1. The number of carbonyl (C=O) groups excluding carboxylic acids is 1. The molecule has 138 valence electrons. The molecule has 2 aromatic carbocycles. The van der Waals surface area contributed by atoms with E-state index in [2.05, 4.69) is 22.3 Å². The number of amides is 1. The molecule has 0 radical (unpaired) electrons. The van der Waals surface area contributed by atoms with Crippen molar-refractivity contribution in [3.63, 3.8) is 0 Å². The summed E-state index contributed by atoms with van der Waals surface area (Å²) in [5, 5.41) is 4.71. The van der Waals surface area contributed by atoms with Crippen LogP contribution in [0.25, 0.3) is 0 Å². The average Bonchev–Trinajstić information content (AvgIpc) is 3.32. The summed E-state index contributed by atoms with van der Waals surface area (Å²) >= 11 is 1.61. The Kier molecular flexibility index (Phi) is 4.90. The standard InChI is InChI=1S/C21H18F2N2OS/c22-15-6-3-7-16(23)20(15)21(26)24-13-18(19-9-4-12-27-19)25-11-10-14-5-1-2-8-17(14)25/h1-9,12,18H,10-11,13H2,(H,24,26)/t18-/m0/s1. The van der Waals surface area contributed by atoms with Crippen LogP contribution in [0.4, 0.5) is 14.5 Å². The maximum Gasteiger partial charge on any atom is 0.257 e. The van der Waals surface area contributed by atoms with Crippen molar-refractivity contribution in [3.05, 3.63) is 87.6 Å². The molecule has 0 saturated heterocycles. The van der Waals surface area contributed by atoms with E-state index in [1.165, 1.54) is 11.6 Å². The summed E-state index contributed by atoms with van der Waals surface area (Å²) in [7, 11) is 0. The number of hydrogen-bond acceptors (Lipinski definition) is 3. The Morgan fingerprint density at radius 1 is 1.07 bits per heavy atom. The molecule has 1 amide bonds. The van der Waals surface area contributed by atoms with Gasteiger partial charge in [-0.2, -0.15) is 0 Å². The SMILES string of the molecule is O=C(NC[C@@H](c1cccs1)N1CCc2ccccc21)c1c(F)cccc1F. The Morgan fingerprint density at radius 2 is 1.85 bits per heavy atom. The maximum absolute atomic E-state index is 13.9. The van der Waals surface area contributed by atoms with Crippen LogP contribution in [-0.4, -0.2) is 19.0 Å². The van der Waals surface area contributed by atoms with Crippen LogP contribution in [-0.2, 0) is 6.42 Å². The van der Waals surface area contributed by atoms with Gasteiger partial charge in [-0.05, 0) is 41.6 Å². The molecular formula is C21H18F2N2OS. The molecule has 4 rings (SSSR count). The summed E-state index contributed by atoms with van der Waals surface area (Å²) in [6.07, 6.45) is 0.938. The third kappa shape index (κ3) is 3.45. The zero-order valence-electron chi connectivity index (χ0n) is 14.5. The van der Waals surface area contributed by atoms with Gasteiger partial charge in [-0.25, -0.2) is 8.78 Å². The summed E-state index contributed by atoms with van der Waals surface area (Å²) < 4.78 is 27.8. The number of benzene rings is 2. The quantitative estimate of drug-likeness (QED) is 0.699. The predicted molar refractivity (Wildman–Crippen MR) is 103 cm³/mol. The summed E-state index contributed by atoms with van der Waals surface area (Å²) in [5.74, 6) is -2.45. The van der Waals surface area contributed by atoms with Crippen molar-refractivity contribution >= 4 is 22.9 Å². The number of halogens is 2. The van der Waals surface area contributed by atoms with Gasteiger partial charge in [-0.3, -0.25) is 4.79 Å². The molecule has 3 nitrogen and oxygen atoms in total. The molecular weight excluding hydrogens is 366 g/mol. The maximum atomic E-state index is 13.9. The van der Waals surface area contributed by atoms with E-state index in [1.807, 2.05) is 29.6 Å². The van der Waals surface area contributed by atoms with Crippen molar-refractivity contribution in [2.24, 2.45) is 0 Å². The van der Waals surface area contributed by atoms with Gasteiger partial charge < -0.3 is 10.2 Å². The molecule has 0 spiro atoms. The summed E-state index contributed by atoms with van der Waals surface area (Å²) in [5.41, 5.74) is 1.87. The molecule has 1 N–H and O–H groups in total. The highest BCUT2D eigenvalue weighted by Crippen LogP contribution is 2.36. The lowest BCUT2D eigenvalue weighted by atomic mass is 10.1. The van der Waals surface area contributed by atoms with Crippen molar-refractivity contribution in [1.82, 2.24) is 5.32 Å². The first-order chi connectivity index (χ1) is 13.1. The molecule has 1 aromatic heterocycles. The molecule has 0 fully saturated rings. The van der Waals surface area contributed by atoms with E-state index >= 15 is 0 Å². The largest absolute Gasteiger partial charge is 0.361 e. The van der Waals surface area contributed by atoms with Crippen molar-refractivity contribution in [2.75, 3.05) is 18.0 Å². The molecule has 0 saturated carbocycles. The Labute approximate surface area is 160 Å². The van der Waals surface area contributed by atoms with Gasteiger partial charge in [0.2, 0.25) is 0 Å². The van der Waals surface area contributed by atoms with Crippen LogP contribution in [0.2, 0.25) is 0 Å². The van der Waals surface area contributed by atoms with E-state index in [4.69, 9.17) is 0 Å². The highest BCUT2D eigenvalue weighted by atomic mass is 32.1. The number of nitrogens with one attached hydrogen (secondary N) is 1. The predicted octanol–water partition coefficient (Wildman–Crippen LogP) is 4.56. The van der Waals surface area contributed by atoms with Crippen LogP contribution in [0.3, 0.4) is 0 Å². The lowest BCUT2D eigenvalue weighted by Gasteiger charge is -2.30. The topological polar surface area (TPSA) is 32.3 Å². The highest BCUT2D eigenvalue weighted by Gasteiger charge is 2.28. The number of anilines is 1. The molecule has 3 aromatic rings. The zero-order chi connectivity index (χ0) is 18.8. The fourth-order valence-corrected chi connectivity index (χ4v) is 4.36. The van der Waals surface area contributed by atoms with Gasteiger partial charge in [0.05, 0.1) is 6.04 Å². The number of nitrogens with zero attached hydrogens (tertiary/aromatic N) is 1. The normalized spacial score (nSPS) is 14.1. The third-order valence-electron chi connectivity index (χ3n) is 4.82. The number of hydrogen-bond donors (Lipinski definition) is 1. The van der Waals surface area contributed by atoms with Gasteiger partial charge in [-0.15, -0.1) is 11.3 Å². The second-order valence-corrected chi connectivity index (χ2v) is 7.39. The second-order valence-electron chi connectivity index (χ2n) is 6.41. The van der Waals surface area contributed by atoms with Crippen LogP contribution in [0.1, 0.15) is 26.8 Å². The molecule has 6 heteroatoms. The highest BCUT2D eigenvalue weighted by molar-refractivity contribution is 7.10. The van der Waals surface area contributed by atoms with Crippen LogP contribution >= 0.6 is 11.3 Å². The first-order valence-corrected chi connectivity index (χ1v) is 9.63. The number of para-hydroxylation sites is 1. The molecule has 1 aliphatic heterocycles. The fraction of sp³-hybridized carbons (Fsp3) is 0.190. The second kappa shape index (κ2) is 7.48. The van der Waals surface area contributed by atoms with Gasteiger partial charge in [0, 0.05) is 23.7 Å². The minimum absolute atomic E-state index is 0.0903. The number of carbonyl (C=O) groups is 1. The van der Waals surface area contributed by atoms with E-state index in [0.717, 1.165) is 35.7 Å². The Balaban J connectivity index is 1.58. The third-order valence-corrected chi connectivity index (χ3v) is 5.79. The molecule has 27 heavy (non-hydrogen) atoms. The lowest BCUT2D eigenvalue weighted by molar-refractivity contribution is 0.0942.